The molecule has 0 aromatic heterocycles. The maximum Gasteiger partial charge on any atom is 0.303 e. The normalized spacial score (nSPS) is 16.4. The van der Waals surface area contributed by atoms with Crippen molar-refractivity contribution in [2.75, 3.05) is 32.9 Å². The SMILES string of the molecule is CCOCCOC1CCN(C(=O)CCCC(=O)O)CC1. The van der Waals surface area contributed by atoms with Gasteiger partial charge in [-0.15, -0.1) is 0 Å². The Labute approximate surface area is 120 Å². The Bertz CT molecular complexity index is 300. The molecule has 0 atom stereocenters. The van der Waals surface area contributed by atoms with Crippen molar-refractivity contribution in [2.45, 2.75) is 45.1 Å². The molecule has 1 aliphatic heterocycles. The van der Waals surface area contributed by atoms with Crippen LogP contribution in [0.2, 0.25) is 0 Å². The van der Waals surface area contributed by atoms with E-state index in [0.717, 1.165) is 12.8 Å². The van der Waals surface area contributed by atoms with Crippen molar-refractivity contribution < 1.29 is 24.2 Å². The summed E-state index contributed by atoms with van der Waals surface area (Å²) in [5, 5.41) is 8.54. The van der Waals surface area contributed by atoms with E-state index in [1.54, 1.807) is 0 Å². The van der Waals surface area contributed by atoms with Crippen molar-refractivity contribution in [3.63, 3.8) is 0 Å². The standard InChI is InChI=1S/C14H25NO5/c1-2-19-10-11-20-12-6-8-15(9-7-12)13(16)4-3-5-14(17)18/h12H,2-11H2,1H3,(H,17,18). The zero-order chi connectivity index (χ0) is 14.8. The second kappa shape index (κ2) is 9.72. The summed E-state index contributed by atoms with van der Waals surface area (Å²) in [5.74, 6) is -0.793. The topological polar surface area (TPSA) is 76.1 Å². The maximum absolute atomic E-state index is 11.9. The van der Waals surface area contributed by atoms with Crippen molar-refractivity contribution in [3.8, 4) is 0 Å². The second-order valence-electron chi connectivity index (χ2n) is 4.90. The van der Waals surface area contributed by atoms with Gasteiger partial charge in [0.15, 0.2) is 0 Å². The molecule has 0 spiro atoms. The first-order valence-electron chi connectivity index (χ1n) is 7.32. The van der Waals surface area contributed by atoms with Gasteiger partial charge in [-0.3, -0.25) is 9.59 Å². The van der Waals surface area contributed by atoms with Crippen LogP contribution in [0.15, 0.2) is 0 Å². The summed E-state index contributed by atoms with van der Waals surface area (Å²) in [6.45, 7) is 5.27. The summed E-state index contributed by atoms with van der Waals surface area (Å²) in [4.78, 5) is 24.1. The number of hydrogen-bond donors (Lipinski definition) is 1. The van der Waals surface area contributed by atoms with E-state index >= 15 is 0 Å². The van der Waals surface area contributed by atoms with Gasteiger partial charge in [0.1, 0.15) is 0 Å². The minimum atomic E-state index is -0.848. The van der Waals surface area contributed by atoms with Crippen molar-refractivity contribution >= 4 is 11.9 Å². The third-order valence-corrected chi connectivity index (χ3v) is 3.36. The monoisotopic (exact) mass is 287 g/mol. The average Bonchev–Trinajstić information content (AvgIpc) is 2.44. The Balaban J connectivity index is 2.11. The van der Waals surface area contributed by atoms with Crippen molar-refractivity contribution in [1.82, 2.24) is 4.90 Å². The Kier molecular flexibility index (Phi) is 8.22. The van der Waals surface area contributed by atoms with Crippen LogP contribution in [0.25, 0.3) is 0 Å². The lowest BCUT2D eigenvalue weighted by Gasteiger charge is -2.32. The molecule has 0 unspecified atom stereocenters. The summed E-state index contributed by atoms with van der Waals surface area (Å²) < 4.78 is 10.9. The number of carbonyl (C=O) groups is 2. The van der Waals surface area contributed by atoms with E-state index in [2.05, 4.69) is 0 Å². The van der Waals surface area contributed by atoms with Crippen LogP contribution in [0.4, 0.5) is 0 Å². The van der Waals surface area contributed by atoms with Gasteiger partial charge in [-0.1, -0.05) is 0 Å². The Morgan fingerprint density at radius 3 is 2.50 bits per heavy atom. The lowest BCUT2D eigenvalue weighted by Crippen LogP contribution is -2.41. The summed E-state index contributed by atoms with van der Waals surface area (Å²) >= 11 is 0. The molecule has 1 amide bonds. The van der Waals surface area contributed by atoms with Crippen LogP contribution in [0.1, 0.15) is 39.0 Å². The first-order valence-corrected chi connectivity index (χ1v) is 7.32. The molecule has 1 rings (SSSR count). The highest BCUT2D eigenvalue weighted by Gasteiger charge is 2.22. The molecule has 6 nitrogen and oxygen atoms in total. The van der Waals surface area contributed by atoms with Gasteiger partial charge >= 0.3 is 5.97 Å². The van der Waals surface area contributed by atoms with Gasteiger partial charge in [0.05, 0.1) is 19.3 Å². The molecule has 1 saturated heterocycles. The zero-order valence-electron chi connectivity index (χ0n) is 12.2. The highest BCUT2D eigenvalue weighted by molar-refractivity contribution is 5.77. The quantitative estimate of drug-likeness (QED) is 0.647. The predicted molar refractivity (Wildman–Crippen MR) is 73.5 cm³/mol. The number of amides is 1. The number of aliphatic carboxylic acids is 1. The van der Waals surface area contributed by atoms with Gasteiger partial charge < -0.3 is 19.5 Å². The molecule has 0 aromatic rings. The molecule has 0 aliphatic carbocycles. The third kappa shape index (κ3) is 6.86. The molecule has 0 aromatic carbocycles. The van der Waals surface area contributed by atoms with Gasteiger partial charge in [0.2, 0.25) is 5.91 Å². The number of likely N-dealkylation sites (tertiary alicyclic amines) is 1. The van der Waals surface area contributed by atoms with E-state index in [1.165, 1.54) is 0 Å². The number of hydrogen-bond acceptors (Lipinski definition) is 4. The fraction of sp³-hybridized carbons (Fsp3) is 0.857. The number of carboxylic acid groups (broad SMARTS) is 1. The first kappa shape index (κ1) is 16.9. The van der Waals surface area contributed by atoms with Gasteiger partial charge in [-0.2, -0.15) is 0 Å². The van der Waals surface area contributed by atoms with Crippen molar-refractivity contribution in [1.29, 1.82) is 0 Å². The molecule has 116 valence electrons. The van der Waals surface area contributed by atoms with Crippen LogP contribution in [0.3, 0.4) is 0 Å². The molecule has 6 heteroatoms. The van der Waals surface area contributed by atoms with Crippen LogP contribution in [0, 0.1) is 0 Å². The van der Waals surface area contributed by atoms with Crippen molar-refractivity contribution in [3.05, 3.63) is 0 Å². The molecular weight excluding hydrogens is 262 g/mol. The summed E-state index contributed by atoms with van der Waals surface area (Å²) in [6, 6.07) is 0. The largest absolute Gasteiger partial charge is 0.481 e. The first-order chi connectivity index (χ1) is 9.63. The number of nitrogens with zero attached hydrogens (tertiary/aromatic N) is 1. The van der Waals surface area contributed by atoms with E-state index in [0.29, 0.717) is 45.8 Å². The Morgan fingerprint density at radius 2 is 1.90 bits per heavy atom. The van der Waals surface area contributed by atoms with Gasteiger partial charge in [0.25, 0.3) is 0 Å². The molecule has 0 radical (unpaired) electrons. The number of piperidine rings is 1. The summed E-state index contributed by atoms with van der Waals surface area (Å²) in [5.41, 5.74) is 0. The maximum atomic E-state index is 11.9. The minimum absolute atomic E-state index is 0.0546. The molecule has 1 fully saturated rings. The third-order valence-electron chi connectivity index (χ3n) is 3.36. The highest BCUT2D eigenvalue weighted by Crippen LogP contribution is 2.15. The van der Waals surface area contributed by atoms with Crippen molar-refractivity contribution in [2.24, 2.45) is 0 Å². The second-order valence-corrected chi connectivity index (χ2v) is 4.90. The fourth-order valence-electron chi connectivity index (χ4n) is 2.24. The lowest BCUT2D eigenvalue weighted by atomic mass is 10.1. The Morgan fingerprint density at radius 1 is 1.20 bits per heavy atom. The lowest BCUT2D eigenvalue weighted by molar-refractivity contribution is -0.137. The summed E-state index contributed by atoms with van der Waals surface area (Å²) in [6.07, 6.45) is 2.69. The molecule has 20 heavy (non-hydrogen) atoms. The zero-order valence-corrected chi connectivity index (χ0v) is 12.2. The average molecular weight is 287 g/mol. The number of rotatable bonds is 9. The van der Waals surface area contributed by atoms with E-state index in [9.17, 15) is 9.59 Å². The highest BCUT2D eigenvalue weighted by atomic mass is 16.5. The van der Waals surface area contributed by atoms with E-state index in [1.807, 2.05) is 11.8 Å². The fourth-order valence-corrected chi connectivity index (χ4v) is 2.24. The van der Waals surface area contributed by atoms with Crippen LogP contribution < -0.4 is 0 Å². The number of ether oxygens (including phenoxy) is 2. The van der Waals surface area contributed by atoms with Crippen LogP contribution >= 0.6 is 0 Å². The molecule has 1 heterocycles. The number of carboxylic acids is 1. The van der Waals surface area contributed by atoms with E-state index < -0.39 is 5.97 Å². The molecule has 0 bridgehead atoms. The molecular formula is C14H25NO5. The smallest absolute Gasteiger partial charge is 0.303 e. The molecule has 1 N–H and O–H groups in total. The molecule has 0 saturated carbocycles. The predicted octanol–water partition coefficient (Wildman–Crippen LogP) is 1.29. The number of carbonyl (C=O) groups excluding carboxylic acids is 1. The summed E-state index contributed by atoms with van der Waals surface area (Å²) in [7, 11) is 0. The van der Waals surface area contributed by atoms with E-state index in [4.69, 9.17) is 14.6 Å². The Hall–Kier alpha value is -1.14. The van der Waals surface area contributed by atoms with Crippen LogP contribution in [-0.4, -0.2) is 60.9 Å². The van der Waals surface area contributed by atoms with Crippen LogP contribution in [-0.2, 0) is 19.1 Å². The van der Waals surface area contributed by atoms with Gasteiger partial charge in [0, 0.05) is 32.5 Å². The van der Waals surface area contributed by atoms with Crippen LogP contribution in [0.5, 0.6) is 0 Å². The molecule has 1 aliphatic rings. The van der Waals surface area contributed by atoms with E-state index in [-0.39, 0.29) is 18.4 Å². The minimum Gasteiger partial charge on any atom is -0.481 e. The van der Waals surface area contributed by atoms with Gasteiger partial charge in [-0.25, -0.2) is 0 Å². The van der Waals surface area contributed by atoms with Gasteiger partial charge in [-0.05, 0) is 26.2 Å².